The molecule has 0 spiro atoms. The third-order valence-electron chi connectivity index (χ3n) is 8.09. The second kappa shape index (κ2) is 13.4. The summed E-state index contributed by atoms with van der Waals surface area (Å²) in [5.41, 5.74) is 7.80. The van der Waals surface area contributed by atoms with Crippen molar-refractivity contribution in [3.8, 4) is 5.75 Å². The number of hydrogen-bond donors (Lipinski definition) is 4. The molecule has 1 heterocycles. The van der Waals surface area contributed by atoms with E-state index in [0.29, 0.717) is 34.0 Å². The van der Waals surface area contributed by atoms with Crippen LogP contribution in [0.4, 0.5) is 5.69 Å². The molecule has 0 saturated carbocycles. The van der Waals surface area contributed by atoms with Crippen LogP contribution >= 0.6 is 0 Å². The molecule has 1 saturated heterocycles. The molecule has 5 N–H and O–H groups in total. The van der Waals surface area contributed by atoms with Crippen molar-refractivity contribution in [2.24, 2.45) is 5.73 Å². The largest absolute Gasteiger partial charge is 0.490 e. The summed E-state index contributed by atoms with van der Waals surface area (Å²) in [5, 5.41) is 25.7. The molecular formula is C34H37N5O5S. The van der Waals surface area contributed by atoms with Gasteiger partial charge in [0.2, 0.25) is 10.0 Å². The number of hydrogen-bond acceptors (Lipinski definition) is 6. The van der Waals surface area contributed by atoms with Gasteiger partial charge in [0.1, 0.15) is 17.7 Å². The number of piperidine rings is 1. The molecule has 1 aliphatic rings. The standard InChI is InChI=1S/C34H37N5O5S/c1-23(35)38-17-15-31(16-18-38)44-30-13-11-29(12-14-30)39(45(42,43)32(34(40)41)20-24-5-3-2-4-6-24)22-25-7-8-26-9-10-27(33(36)37)21-28(26)19-25/h2-14,19,21,31-32,35H,15-18,20,22H2,1H3,(H3,36,37)(H,40,41). The number of sulfonamides is 1. The fraction of sp³-hybridized carbons (Fsp3) is 0.265. The van der Waals surface area contributed by atoms with Crippen molar-refractivity contribution in [2.45, 2.75) is 44.1 Å². The molecule has 0 amide bonds. The van der Waals surface area contributed by atoms with E-state index in [9.17, 15) is 18.3 Å². The van der Waals surface area contributed by atoms with Gasteiger partial charge in [-0.3, -0.25) is 19.9 Å². The van der Waals surface area contributed by atoms with Gasteiger partial charge < -0.3 is 20.5 Å². The van der Waals surface area contributed by atoms with E-state index in [1.165, 1.54) is 0 Å². The molecule has 0 radical (unpaired) electrons. The van der Waals surface area contributed by atoms with Crippen molar-refractivity contribution in [1.82, 2.24) is 4.90 Å². The van der Waals surface area contributed by atoms with E-state index in [4.69, 9.17) is 21.3 Å². The van der Waals surface area contributed by atoms with E-state index in [-0.39, 0.29) is 24.9 Å². The number of aliphatic carboxylic acids is 1. The molecule has 4 aromatic carbocycles. The Bertz CT molecular complexity index is 1800. The second-order valence-corrected chi connectivity index (χ2v) is 13.3. The lowest BCUT2D eigenvalue weighted by molar-refractivity contribution is -0.136. The number of benzene rings is 4. The lowest BCUT2D eigenvalue weighted by Crippen LogP contribution is -2.43. The maximum atomic E-state index is 14.2. The molecule has 234 valence electrons. The highest BCUT2D eigenvalue weighted by Gasteiger charge is 2.38. The molecule has 1 fully saturated rings. The third kappa shape index (κ3) is 7.43. The lowest BCUT2D eigenvalue weighted by atomic mass is 10.0. The summed E-state index contributed by atoms with van der Waals surface area (Å²) in [7, 11) is -4.43. The Morgan fingerprint density at radius 3 is 2.24 bits per heavy atom. The fourth-order valence-electron chi connectivity index (χ4n) is 5.55. The van der Waals surface area contributed by atoms with E-state index >= 15 is 0 Å². The average molecular weight is 628 g/mol. The minimum Gasteiger partial charge on any atom is -0.490 e. The van der Waals surface area contributed by atoms with E-state index in [2.05, 4.69) is 0 Å². The topological polar surface area (TPSA) is 161 Å². The second-order valence-electron chi connectivity index (χ2n) is 11.3. The maximum Gasteiger partial charge on any atom is 0.324 e. The number of carboxylic acids is 1. The summed E-state index contributed by atoms with van der Waals surface area (Å²) < 4.78 is 35.8. The Hall–Kier alpha value is -4.90. The van der Waals surface area contributed by atoms with Crippen molar-refractivity contribution in [2.75, 3.05) is 17.4 Å². The third-order valence-corrected chi connectivity index (χ3v) is 10.1. The Morgan fingerprint density at radius 1 is 0.956 bits per heavy atom. The fourth-order valence-corrected chi connectivity index (χ4v) is 7.26. The summed E-state index contributed by atoms with van der Waals surface area (Å²) in [5.74, 6) is -0.381. The summed E-state index contributed by atoms with van der Waals surface area (Å²) >= 11 is 0. The van der Waals surface area contributed by atoms with Crippen LogP contribution in [0.25, 0.3) is 10.8 Å². The van der Waals surface area contributed by atoms with Gasteiger partial charge in [0.15, 0.2) is 5.25 Å². The maximum absolute atomic E-state index is 14.2. The molecule has 0 bridgehead atoms. The number of amidine groups is 2. The number of likely N-dealkylation sites (tertiary alicyclic amines) is 1. The molecule has 1 atom stereocenters. The monoisotopic (exact) mass is 627 g/mol. The Labute approximate surface area is 263 Å². The van der Waals surface area contributed by atoms with Crippen LogP contribution in [-0.2, 0) is 27.8 Å². The zero-order valence-electron chi connectivity index (χ0n) is 25.0. The van der Waals surface area contributed by atoms with Crippen LogP contribution in [0.3, 0.4) is 0 Å². The van der Waals surface area contributed by atoms with Crippen LogP contribution in [0.1, 0.15) is 36.5 Å². The summed E-state index contributed by atoms with van der Waals surface area (Å²) in [6, 6.07) is 26.3. The predicted octanol–water partition coefficient (Wildman–Crippen LogP) is 5.00. The van der Waals surface area contributed by atoms with E-state index in [0.717, 1.165) is 41.0 Å². The smallest absolute Gasteiger partial charge is 0.324 e. The van der Waals surface area contributed by atoms with Crippen molar-refractivity contribution in [1.29, 1.82) is 10.8 Å². The highest BCUT2D eigenvalue weighted by atomic mass is 32.2. The minimum atomic E-state index is -4.43. The molecule has 0 aliphatic carbocycles. The van der Waals surface area contributed by atoms with Crippen molar-refractivity contribution < 1.29 is 23.1 Å². The Morgan fingerprint density at radius 2 is 1.62 bits per heavy atom. The van der Waals surface area contributed by atoms with Crippen molar-refractivity contribution >= 4 is 44.1 Å². The SMILES string of the molecule is CC(=N)N1CCC(Oc2ccc(N(Cc3ccc4ccc(C(=N)N)cc4c3)S(=O)(=O)C(Cc3ccccc3)C(=O)O)cc2)CC1. The first kappa shape index (κ1) is 31.5. The number of nitrogens with zero attached hydrogens (tertiary/aromatic N) is 2. The van der Waals surface area contributed by atoms with Gasteiger partial charge >= 0.3 is 5.97 Å². The lowest BCUT2D eigenvalue weighted by Gasteiger charge is -2.33. The van der Waals surface area contributed by atoms with Gasteiger partial charge in [-0.15, -0.1) is 0 Å². The van der Waals surface area contributed by atoms with Crippen LogP contribution in [0, 0.1) is 10.8 Å². The molecule has 11 heteroatoms. The van der Waals surface area contributed by atoms with Crippen LogP contribution in [0.2, 0.25) is 0 Å². The van der Waals surface area contributed by atoms with Gasteiger partial charge in [-0.05, 0) is 65.2 Å². The molecule has 1 aliphatic heterocycles. The number of rotatable bonds is 11. The number of carbonyl (C=O) groups is 1. The highest BCUT2D eigenvalue weighted by Crippen LogP contribution is 2.30. The Balaban J connectivity index is 1.47. The average Bonchev–Trinajstić information content (AvgIpc) is 3.03. The van der Waals surface area contributed by atoms with Gasteiger partial charge in [-0.2, -0.15) is 0 Å². The molecule has 4 aromatic rings. The highest BCUT2D eigenvalue weighted by molar-refractivity contribution is 7.94. The number of fused-ring (bicyclic) bond motifs is 1. The van der Waals surface area contributed by atoms with E-state index < -0.39 is 21.2 Å². The number of nitrogens with two attached hydrogens (primary N) is 1. The van der Waals surface area contributed by atoms with Crippen molar-refractivity contribution in [3.63, 3.8) is 0 Å². The number of carboxylic acid groups (broad SMARTS) is 1. The zero-order chi connectivity index (χ0) is 32.1. The van der Waals surface area contributed by atoms with Crippen molar-refractivity contribution in [3.05, 3.63) is 108 Å². The van der Waals surface area contributed by atoms with Crippen LogP contribution in [0.15, 0.2) is 91.0 Å². The molecule has 45 heavy (non-hydrogen) atoms. The van der Waals surface area contributed by atoms with E-state index in [1.54, 1.807) is 73.7 Å². The number of ether oxygens (including phenoxy) is 1. The van der Waals surface area contributed by atoms with Gasteiger partial charge in [0.25, 0.3) is 0 Å². The number of nitrogen functional groups attached to an aromatic ring is 1. The van der Waals surface area contributed by atoms with Gasteiger partial charge in [-0.1, -0.05) is 54.6 Å². The van der Waals surface area contributed by atoms with Gasteiger partial charge in [-0.25, -0.2) is 8.42 Å². The minimum absolute atomic E-state index is 0.0222. The summed E-state index contributed by atoms with van der Waals surface area (Å²) in [6.45, 7) is 3.14. The van der Waals surface area contributed by atoms with Crippen LogP contribution in [0.5, 0.6) is 5.75 Å². The first-order valence-corrected chi connectivity index (χ1v) is 16.2. The first-order valence-electron chi connectivity index (χ1n) is 14.7. The zero-order valence-corrected chi connectivity index (χ0v) is 25.8. The van der Waals surface area contributed by atoms with Crippen LogP contribution in [-0.4, -0.2) is 60.5 Å². The number of nitrogens with one attached hydrogen (secondary N) is 2. The normalized spacial score (nSPS) is 14.6. The molecule has 1 unspecified atom stereocenters. The number of anilines is 1. The molecule has 10 nitrogen and oxygen atoms in total. The first-order chi connectivity index (χ1) is 21.5. The summed E-state index contributed by atoms with van der Waals surface area (Å²) in [6.07, 6.45) is 1.33. The Kier molecular flexibility index (Phi) is 9.38. The quantitative estimate of drug-likeness (QED) is 0.134. The predicted molar refractivity (Wildman–Crippen MR) is 177 cm³/mol. The van der Waals surface area contributed by atoms with E-state index in [1.807, 2.05) is 29.2 Å². The molecule has 5 rings (SSSR count). The molecular weight excluding hydrogens is 590 g/mol. The van der Waals surface area contributed by atoms with Crippen LogP contribution < -0.4 is 14.8 Å². The molecule has 0 aromatic heterocycles. The summed E-state index contributed by atoms with van der Waals surface area (Å²) in [4.78, 5) is 14.5. The van der Waals surface area contributed by atoms with Gasteiger partial charge in [0.05, 0.1) is 18.1 Å². The van der Waals surface area contributed by atoms with Gasteiger partial charge in [0, 0.05) is 37.9 Å².